The van der Waals surface area contributed by atoms with Gasteiger partial charge in [0.05, 0.1) is 6.26 Å². The topological polar surface area (TPSA) is 58.2 Å². The summed E-state index contributed by atoms with van der Waals surface area (Å²) < 4.78 is 24.7. The second-order valence-corrected chi connectivity index (χ2v) is 6.05. The van der Waals surface area contributed by atoms with Crippen LogP contribution in [0.25, 0.3) is 0 Å². The van der Waals surface area contributed by atoms with E-state index in [-0.39, 0.29) is 6.04 Å². The number of fused-ring (bicyclic) bond motifs is 2. The molecule has 1 heterocycles. The van der Waals surface area contributed by atoms with Crippen molar-refractivity contribution in [2.75, 3.05) is 12.8 Å². The summed E-state index contributed by atoms with van der Waals surface area (Å²) in [6, 6.07) is 0.701. The van der Waals surface area contributed by atoms with E-state index in [9.17, 15) is 8.42 Å². The molecular formula is C8H16N2O2S. The first-order chi connectivity index (χ1) is 6.03. The van der Waals surface area contributed by atoms with Crippen molar-refractivity contribution in [3.63, 3.8) is 0 Å². The molecule has 1 aliphatic carbocycles. The molecule has 3 unspecified atom stereocenters. The predicted octanol–water partition coefficient (Wildman–Crippen LogP) is -0.324. The summed E-state index contributed by atoms with van der Waals surface area (Å²) in [7, 11) is -3.02. The highest BCUT2D eigenvalue weighted by molar-refractivity contribution is 7.88. The van der Waals surface area contributed by atoms with Crippen LogP contribution < -0.4 is 10.0 Å². The van der Waals surface area contributed by atoms with Gasteiger partial charge in [0.15, 0.2) is 0 Å². The van der Waals surface area contributed by atoms with Crippen LogP contribution in [0.5, 0.6) is 0 Å². The molecule has 0 amide bonds. The lowest BCUT2D eigenvalue weighted by Gasteiger charge is -2.26. The Morgan fingerprint density at radius 2 is 2.08 bits per heavy atom. The average molecular weight is 204 g/mol. The molecule has 0 aromatic carbocycles. The quantitative estimate of drug-likeness (QED) is 0.648. The predicted molar refractivity (Wildman–Crippen MR) is 50.9 cm³/mol. The highest BCUT2D eigenvalue weighted by Crippen LogP contribution is 2.29. The van der Waals surface area contributed by atoms with Crippen molar-refractivity contribution in [3.8, 4) is 0 Å². The van der Waals surface area contributed by atoms with Gasteiger partial charge in [0.1, 0.15) is 0 Å². The Labute approximate surface area is 79.1 Å². The third-order valence-corrected chi connectivity index (χ3v) is 3.64. The van der Waals surface area contributed by atoms with Gasteiger partial charge in [-0.05, 0) is 31.7 Å². The van der Waals surface area contributed by atoms with Gasteiger partial charge in [-0.1, -0.05) is 0 Å². The summed E-state index contributed by atoms with van der Waals surface area (Å²) in [5.41, 5.74) is 0. The number of hydrogen-bond acceptors (Lipinski definition) is 3. The largest absolute Gasteiger partial charge is 0.314 e. The lowest BCUT2D eigenvalue weighted by atomic mass is 9.87. The molecular weight excluding hydrogens is 188 g/mol. The first-order valence-electron chi connectivity index (χ1n) is 4.73. The fourth-order valence-electron chi connectivity index (χ4n) is 2.50. The fourth-order valence-corrected chi connectivity index (χ4v) is 3.30. The van der Waals surface area contributed by atoms with E-state index in [4.69, 9.17) is 0 Å². The zero-order chi connectivity index (χ0) is 9.47. The van der Waals surface area contributed by atoms with Gasteiger partial charge in [0.2, 0.25) is 10.0 Å². The van der Waals surface area contributed by atoms with Gasteiger partial charge < -0.3 is 5.32 Å². The van der Waals surface area contributed by atoms with Crippen molar-refractivity contribution in [1.29, 1.82) is 0 Å². The lowest BCUT2D eigenvalue weighted by Crippen LogP contribution is -2.40. The average Bonchev–Trinajstić information content (AvgIpc) is 2.27. The van der Waals surface area contributed by atoms with Crippen LogP contribution in [0.1, 0.15) is 19.3 Å². The van der Waals surface area contributed by atoms with E-state index in [0.29, 0.717) is 12.0 Å². The SMILES string of the molecule is CS(=O)(=O)NC1CC2CNC(C2)C1. The molecule has 5 heteroatoms. The molecule has 4 nitrogen and oxygen atoms in total. The molecule has 1 aliphatic heterocycles. The van der Waals surface area contributed by atoms with Crippen LogP contribution in [0.4, 0.5) is 0 Å². The zero-order valence-corrected chi connectivity index (χ0v) is 8.60. The summed E-state index contributed by atoms with van der Waals surface area (Å²) in [6.45, 7) is 1.06. The van der Waals surface area contributed by atoms with Gasteiger partial charge >= 0.3 is 0 Å². The van der Waals surface area contributed by atoms with Crippen LogP contribution in [0.3, 0.4) is 0 Å². The minimum Gasteiger partial charge on any atom is -0.314 e. The van der Waals surface area contributed by atoms with E-state index in [2.05, 4.69) is 10.0 Å². The minimum absolute atomic E-state index is 0.161. The molecule has 0 spiro atoms. The second-order valence-electron chi connectivity index (χ2n) is 4.27. The molecule has 2 rings (SSSR count). The lowest BCUT2D eigenvalue weighted by molar-refractivity contribution is 0.346. The summed E-state index contributed by atoms with van der Waals surface area (Å²) in [5.74, 6) is 0.679. The molecule has 2 bridgehead atoms. The second kappa shape index (κ2) is 3.22. The maximum Gasteiger partial charge on any atom is 0.208 e. The summed E-state index contributed by atoms with van der Waals surface area (Å²) in [5, 5.41) is 3.40. The van der Waals surface area contributed by atoms with E-state index in [0.717, 1.165) is 19.4 Å². The molecule has 2 N–H and O–H groups in total. The summed E-state index contributed by atoms with van der Waals surface area (Å²) in [6.07, 6.45) is 4.40. The van der Waals surface area contributed by atoms with E-state index in [1.807, 2.05) is 0 Å². The summed E-state index contributed by atoms with van der Waals surface area (Å²) >= 11 is 0. The van der Waals surface area contributed by atoms with Crippen molar-refractivity contribution >= 4 is 10.0 Å². The normalized spacial score (nSPS) is 39.3. The highest BCUT2D eigenvalue weighted by Gasteiger charge is 2.34. The van der Waals surface area contributed by atoms with Crippen LogP contribution >= 0.6 is 0 Å². The standard InChI is InChI=1S/C8H16N2O2S/c1-13(11,12)10-8-3-6-2-7(4-8)9-5-6/h6-10H,2-5H2,1H3. The van der Waals surface area contributed by atoms with E-state index >= 15 is 0 Å². The molecule has 3 atom stereocenters. The van der Waals surface area contributed by atoms with Crippen molar-refractivity contribution in [3.05, 3.63) is 0 Å². The van der Waals surface area contributed by atoms with E-state index in [1.165, 1.54) is 12.7 Å². The molecule has 0 aromatic rings. The number of sulfonamides is 1. The van der Waals surface area contributed by atoms with Crippen LogP contribution in [0.2, 0.25) is 0 Å². The van der Waals surface area contributed by atoms with Crippen molar-refractivity contribution in [1.82, 2.24) is 10.0 Å². The van der Waals surface area contributed by atoms with Gasteiger partial charge in [-0.3, -0.25) is 0 Å². The molecule has 1 saturated heterocycles. The van der Waals surface area contributed by atoms with Crippen LogP contribution in [-0.2, 0) is 10.0 Å². The Hall–Kier alpha value is -0.130. The van der Waals surface area contributed by atoms with Crippen molar-refractivity contribution in [2.24, 2.45) is 5.92 Å². The van der Waals surface area contributed by atoms with Gasteiger partial charge in [0.25, 0.3) is 0 Å². The molecule has 2 aliphatic rings. The Balaban J connectivity index is 1.96. The zero-order valence-electron chi connectivity index (χ0n) is 7.79. The number of nitrogens with one attached hydrogen (secondary N) is 2. The van der Waals surface area contributed by atoms with Crippen LogP contribution in [0, 0.1) is 5.92 Å². The maximum absolute atomic E-state index is 11.0. The molecule has 2 fully saturated rings. The third-order valence-electron chi connectivity index (χ3n) is 2.88. The minimum atomic E-state index is -3.02. The van der Waals surface area contributed by atoms with E-state index in [1.54, 1.807) is 0 Å². The molecule has 0 radical (unpaired) electrons. The van der Waals surface area contributed by atoms with Gasteiger partial charge in [0, 0.05) is 12.1 Å². The molecule has 1 saturated carbocycles. The Kier molecular flexibility index (Phi) is 2.33. The molecule has 76 valence electrons. The van der Waals surface area contributed by atoms with Crippen LogP contribution in [-0.4, -0.2) is 33.3 Å². The van der Waals surface area contributed by atoms with Gasteiger partial charge in [-0.25, -0.2) is 13.1 Å². The first-order valence-corrected chi connectivity index (χ1v) is 6.63. The summed E-state index contributed by atoms with van der Waals surface area (Å²) in [4.78, 5) is 0. The monoisotopic (exact) mass is 204 g/mol. The Morgan fingerprint density at radius 1 is 1.31 bits per heavy atom. The number of hydrogen-bond donors (Lipinski definition) is 2. The van der Waals surface area contributed by atoms with Gasteiger partial charge in [-0.15, -0.1) is 0 Å². The smallest absolute Gasteiger partial charge is 0.208 e. The van der Waals surface area contributed by atoms with Crippen molar-refractivity contribution in [2.45, 2.75) is 31.3 Å². The molecule has 13 heavy (non-hydrogen) atoms. The first kappa shape index (κ1) is 9.43. The van der Waals surface area contributed by atoms with E-state index < -0.39 is 10.0 Å². The molecule has 0 aromatic heterocycles. The Morgan fingerprint density at radius 3 is 2.69 bits per heavy atom. The fraction of sp³-hybridized carbons (Fsp3) is 1.00. The maximum atomic E-state index is 11.0. The highest BCUT2D eigenvalue weighted by atomic mass is 32.2. The van der Waals surface area contributed by atoms with Crippen molar-refractivity contribution < 1.29 is 8.42 Å². The number of rotatable bonds is 2. The van der Waals surface area contributed by atoms with Crippen LogP contribution in [0.15, 0.2) is 0 Å². The Bertz CT molecular complexity index is 277. The third kappa shape index (κ3) is 2.42. The van der Waals surface area contributed by atoms with Gasteiger partial charge in [-0.2, -0.15) is 0 Å².